The summed E-state index contributed by atoms with van der Waals surface area (Å²) in [6.07, 6.45) is 1.24. The van der Waals surface area contributed by atoms with Gasteiger partial charge in [0.25, 0.3) is 0 Å². The third-order valence-electron chi connectivity index (χ3n) is 2.64. The summed E-state index contributed by atoms with van der Waals surface area (Å²) in [6, 6.07) is 0. The summed E-state index contributed by atoms with van der Waals surface area (Å²) < 4.78 is 5.32. The van der Waals surface area contributed by atoms with Crippen LogP contribution in [-0.4, -0.2) is 13.2 Å². The molecule has 0 spiro atoms. The Morgan fingerprint density at radius 2 is 2.11 bits per heavy atom. The normalized spacial score (nSPS) is 36.0. The largest absolute Gasteiger partial charge is 0.381 e. The molecule has 1 aliphatic rings. The first-order valence-corrected chi connectivity index (χ1v) is 3.73. The first-order valence-electron chi connectivity index (χ1n) is 3.73. The van der Waals surface area contributed by atoms with E-state index in [9.17, 15) is 0 Å². The second kappa shape index (κ2) is 2.30. The van der Waals surface area contributed by atoms with E-state index in [0.29, 0.717) is 5.41 Å². The van der Waals surface area contributed by atoms with Gasteiger partial charge in [0.15, 0.2) is 0 Å². The van der Waals surface area contributed by atoms with Gasteiger partial charge in [0, 0.05) is 6.61 Å². The second-order valence-corrected chi connectivity index (χ2v) is 3.61. The monoisotopic (exact) mass is 128 g/mol. The molecule has 1 saturated heterocycles. The van der Waals surface area contributed by atoms with Gasteiger partial charge in [-0.2, -0.15) is 0 Å². The molecule has 1 aliphatic heterocycles. The van der Waals surface area contributed by atoms with Crippen LogP contribution >= 0.6 is 0 Å². The van der Waals surface area contributed by atoms with Crippen molar-refractivity contribution in [1.82, 2.24) is 0 Å². The molecular weight excluding hydrogens is 112 g/mol. The molecule has 0 aliphatic carbocycles. The first-order chi connectivity index (χ1) is 4.15. The van der Waals surface area contributed by atoms with E-state index in [-0.39, 0.29) is 0 Å². The SMILES string of the molecule is CC(C)C1(C)CCOC1. The standard InChI is InChI=1S/C8H16O/c1-7(2)8(3)4-5-9-6-8/h7H,4-6H2,1-3H3. The summed E-state index contributed by atoms with van der Waals surface area (Å²) in [5.41, 5.74) is 0.472. The highest BCUT2D eigenvalue weighted by molar-refractivity contribution is 4.80. The van der Waals surface area contributed by atoms with Gasteiger partial charge < -0.3 is 4.74 Å². The van der Waals surface area contributed by atoms with Gasteiger partial charge in [-0.15, -0.1) is 0 Å². The summed E-state index contributed by atoms with van der Waals surface area (Å²) >= 11 is 0. The Bertz CT molecular complexity index is 90.7. The van der Waals surface area contributed by atoms with Crippen molar-refractivity contribution < 1.29 is 4.74 Å². The highest BCUT2D eigenvalue weighted by Gasteiger charge is 2.32. The van der Waals surface area contributed by atoms with Gasteiger partial charge >= 0.3 is 0 Å². The number of hydrogen-bond acceptors (Lipinski definition) is 1. The highest BCUT2D eigenvalue weighted by atomic mass is 16.5. The Kier molecular flexibility index (Phi) is 1.80. The molecule has 0 radical (unpaired) electrons. The molecule has 0 aromatic heterocycles. The van der Waals surface area contributed by atoms with Crippen LogP contribution in [0.3, 0.4) is 0 Å². The zero-order valence-corrected chi connectivity index (χ0v) is 6.61. The van der Waals surface area contributed by atoms with Crippen molar-refractivity contribution in [3.8, 4) is 0 Å². The zero-order chi connectivity index (χ0) is 6.91. The van der Waals surface area contributed by atoms with Crippen LogP contribution < -0.4 is 0 Å². The molecule has 1 fully saturated rings. The van der Waals surface area contributed by atoms with E-state index in [2.05, 4.69) is 20.8 Å². The first kappa shape index (κ1) is 7.07. The molecule has 9 heavy (non-hydrogen) atoms. The third kappa shape index (κ3) is 1.26. The van der Waals surface area contributed by atoms with Crippen molar-refractivity contribution in [2.45, 2.75) is 27.2 Å². The van der Waals surface area contributed by atoms with Crippen molar-refractivity contribution in [2.24, 2.45) is 11.3 Å². The van der Waals surface area contributed by atoms with E-state index in [0.717, 1.165) is 19.1 Å². The lowest BCUT2D eigenvalue weighted by Gasteiger charge is -2.25. The van der Waals surface area contributed by atoms with Crippen LogP contribution in [0.1, 0.15) is 27.2 Å². The lowest BCUT2D eigenvalue weighted by atomic mass is 9.79. The van der Waals surface area contributed by atoms with E-state index in [1.54, 1.807) is 0 Å². The average molecular weight is 128 g/mol. The topological polar surface area (TPSA) is 9.23 Å². The predicted octanol–water partition coefficient (Wildman–Crippen LogP) is 2.07. The van der Waals surface area contributed by atoms with Crippen molar-refractivity contribution in [3.63, 3.8) is 0 Å². The van der Waals surface area contributed by atoms with Crippen LogP contribution in [-0.2, 0) is 4.74 Å². The Balaban J connectivity index is 2.51. The van der Waals surface area contributed by atoms with Crippen LogP contribution in [0.4, 0.5) is 0 Å². The van der Waals surface area contributed by atoms with E-state index >= 15 is 0 Å². The van der Waals surface area contributed by atoms with Crippen molar-refractivity contribution >= 4 is 0 Å². The number of hydrogen-bond donors (Lipinski definition) is 0. The van der Waals surface area contributed by atoms with Gasteiger partial charge in [0.05, 0.1) is 6.61 Å². The summed E-state index contributed by atoms with van der Waals surface area (Å²) in [5, 5.41) is 0. The fraction of sp³-hybridized carbons (Fsp3) is 1.00. The van der Waals surface area contributed by atoms with Crippen molar-refractivity contribution in [3.05, 3.63) is 0 Å². The molecule has 1 heterocycles. The second-order valence-electron chi connectivity index (χ2n) is 3.61. The van der Waals surface area contributed by atoms with E-state index in [1.807, 2.05) is 0 Å². The van der Waals surface area contributed by atoms with Gasteiger partial charge in [-0.25, -0.2) is 0 Å². The van der Waals surface area contributed by atoms with Gasteiger partial charge in [0.1, 0.15) is 0 Å². The van der Waals surface area contributed by atoms with Crippen molar-refractivity contribution in [1.29, 1.82) is 0 Å². The third-order valence-corrected chi connectivity index (χ3v) is 2.64. The number of rotatable bonds is 1. The van der Waals surface area contributed by atoms with Crippen LogP contribution in [0.15, 0.2) is 0 Å². The van der Waals surface area contributed by atoms with Gasteiger partial charge in [-0.05, 0) is 17.8 Å². The molecule has 1 atom stereocenters. The number of ether oxygens (including phenoxy) is 1. The van der Waals surface area contributed by atoms with E-state index in [4.69, 9.17) is 4.74 Å². The Hall–Kier alpha value is -0.0400. The predicted molar refractivity (Wildman–Crippen MR) is 38.4 cm³/mol. The molecule has 1 nitrogen and oxygen atoms in total. The van der Waals surface area contributed by atoms with Gasteiger partial charge in [-0.1, -0.05) is 20.8 Å². The summed E-state index contributed by atoms with van der Waals surface area (Å²) in [7, 11) is 0. The summed E-state index contributed by atoms with van der Waals surface area (Å²) in [6.45, 7) is 8.79. The molecule has 0 bridgehead atoms. The van der Waals surface area contributed by atoms with Crippen LogP contribution in [0.5, 0.6) is 0 Å². The highest BCUT2D eigenvalue weighted by Crippen LogP contribution is 2.35. The Morgan fingerprint density at radius 1 is 1.44 bits per heavy atom. The van der Waals surface area contributed by atoms with E-state index in [1.165, 1.54) is 6.42 Å². The molecule has 0 aromatic carbocycles. The molecule has 0 saturated carbocycles. The minimum absolute atomic E-state index is 0.472. The summed E-state index contributed by atoms with van der Waals surface area (Å²) in [5.74, 6) is 0.764. The maximum Gasteiger partial charge on any atom is 0.0523 e. The quantitative estimate of drug-likeness (QED) is 0.525. The lowest BCUT2D eigenvalue weighted by molar-refractivity contribution is 0.133. The maximum atomic E-state index is 5.32. The average Bonchev–Trinajstić information content (AvgIpc) is 2.16. The fourth-order valence-corrected chi connectivity index (χ4v) is 1.14. The smallest absolute Gasteiger partial charge is 0.0523 e. The molecule has 1 heteroatoms. The van der Waals surface area contributed by atoms with Gasteiger partial charge in [0.2, 0.25) is 0 Å². The molecular formula is C8H16O. The molecule has 0 aromatic rings. The van der Waals surface area contributed by atoms with E-state index < -0.39 is 0 Å². The fourth-order valence-electron chi connectivity index (χ4n) is 1.14. The van der Waals surface area contributed by atoms with Crippen LogP contribution in [0, 0.1) is 11.3 Å². The Morgan fingerprint density at radius 3 is 2.33 bits per heavy atom. The maximum absolute atomic E-state index is 5.32. The minimum Gasteiger partial charge on any atom is -0.381 e. The Labute approximate surface area is 57.4 Å². The zero-order valence-electron chi connectivity index (χ0n) is 6.61. The van der Waals surface area contributed by atoms with Crippen molar-refractivity contribution in [2.75, 3.05) is 13.2 Å². The molecule has 54 valence electrons. The van der Waals surface area contributed by atoms with Gasteiger partial charge in [-0.3, -0.25) is 0 Å². The molecule has 0 amide bonds. The molecule has 1 rings (SSSR count). The lowest BCUT2D eigenvalue weighted by Crippen LogP contribution is -2.22. The minimum atomic E-state index is 0.472. The molecule has 1 unspecified atom stereocenters. The molecule has 0 N–H and O–H groups in total. The van der Waals surface area contributed by atoms with Crippen LogP contribution in [0.2, 0.25) is 0 Å². The summed E-state index contributed by atoms with van der Waals surface area (Å²) in [4.78, 5) is 0. The van der Waals surface area contributed by atoms with Crippen LogP contribution in [0.25, 0.3) is 0 Å².